The van der Waals surface area contributed by atoms with E-state index in [1.807, 2.05) is 0 Å². The predicted molar refractivity (Wildman–Crippen MR) is 62.6 cm³/mol. The van der Waals surface area contributed by atoms with Crippen molar-refractivity contribution in [2.75, 3.05) is 0 Å². The standard InChI is InChI=1S/C10H9N3O4S/c1-5(9(14)15)13-8(6-3-2-4-18-6)7(10(16)17)11-12-13/h2-5H,1H3,(H,14,15)(H,16,17). The van der Waals surface area contributed by atoms with Crippen LogP contribution in [0.4, 0.5) is 0 Å². The molecule has 0 spiro atoms. The van der Waals surface area contributed by atoms with Gasteiger partial charge in [0.1, 0.15) is 11.7 Å². The summed E-state index contributed by atoms with van der Waals surface area (Å²) in [5, 5.41) is 26.9. The zero-order chi connectivity index (χ0) is 13.3. The molecule has 2 N–H and O–H groups in total. The van der Waals surface area contributed by atoms with Crippen molar-refractivity contribution >= 4 is 23.3 Å². The van der Waals surface area contributed by atoms with Crippen LogP contribution in [0.5, 0.6) is 0 Å². The molecule has 2 aromatic heterocycles. The highest BCUT2D eigenvalue weighted by atomic mass is 32.1. The van der Waals surface area contributed by atoms with E-state index >= 15 is 0 Å². The summed E-state index contributed by atoms with van der Waals surface area (Å²) >= 11 is 1.30. The summed E-state index contributed by atoms with van der Waals surface area (Å²) in [5.41, 5.74) is -0.0297. The first-order valence-electron chi connectivity index (χ1n) is 4.97. The molecule has 0 aliphatic heterocycles. The van der Waals surface area contributed by atoms with E-state index in [4.69, 9.17) is 10.2 Å². The van der Waals surface area contributed by atoms with Gasteiger partial charge >= 0.3 is 11.9 Å². The highest BCUT2D eigenvalue weighted by Crippen LogP contribution is 2.29. The van der Waals surface area contributed by atoms with Crippen molar-refractivity contribution in [1.29, 1.82) is 0 Å². The Kier molecular flexibility index (Phi) is 3.11. The highest BCUT2D eigenvalue weighted by molar-refractivity contribution is 7.13. The van der Waals surface area contributed by atoms with Crippen LogP contribution in [0.2, 0.25) is 0 Å². The van der Waals surface area contributed by atoms with Gasteiger partial charge in [-0.05, 0) is 18.4 Å². The monoisotopic (exact) mass is 267 g/mol. The average molecular weight is 267 g/mol. The molecule has 94 valence electrons. The number of carboxylic acids is 2. The SMILES string of the molecule is CC(C(=O)O)n1nnc(C(=O)O)c1-c1cccs1. The molecule has 1 unspecified atom stereocenters. The van der Waals surface area contributed by atoms with Crippen LogP contribution in [0.15, 0.2) is 17.5 Å². The van der Waals surface area contributed by atoms with Crippen LogP contribution in [0.1, 0.15) is 23.5 Å². The topological polar surface area (TPSA) is 105 Å². The summed E-state index contributed by atoms with van der Waals surface area (Å²) in [6.07, 6.45) is 0. The third kappa shape index (κ3) is 1.97. The number of hydrogen-bond acceptors (Lipinski definition) is 5. The number of aromatic carboxylic acids is 1. The Morgan fingerprint density at radius 3 is 2.67 bits per heavy atom. The van der Waals surface area contributed by atoms with Gasteiger partial charge in [0.2, 0.25) is 0 Å². The Labute approximate surface area is 105 Å². The Morgan fingerprint density at radius 2 is 2.17 bits per heavy atom. The van der Waals surface area contributed by atoms with Crippen LogP contribution >= 0.6 is 11.3 Å². The van der Waals surface area contributed by atoms with Gasteiger partial charge in [-0.15, -0.1) is 16.4 Å². The number of carbonyl (C=O) groups is 2. The van der Waals surface area contributed by atoms with Crippen molar-refractivity contribution in [3.05, 3.63) is 23.2 Å². The summed E-state index contributed by atoms with van der Waals surface area (Å²) in [4.78, 5) is 22.6. The fourth-order valence-electron chi connectivity index (χ4n) is 1.46. The molecule has 8 heteroatoms. The zero-order valence-electron chi connectivity index (χ0n) is 9.27. The number of thiophene rings is 1. The molecule has 0 aliphatic carbocycles. The van der Waals surface area contributed by atoms with Crippen LogP contribution in [0, 0.1) is 0 Å². The van der Waals surface area contributed by atoms with E-state index in [0.717, 1.165) is 4.68 Å². The second-order valence-corrected chi connectivity index (χ2v) is 4.48. The first-order valence-corrected chi connectivity index (χ1v) is 5.85. The normalized spacial score (nSPS) is 12.3. The largest absolute Gasteiger partial charge is 0.480 e. The molecule has 0 aliphatic rings. The fraction of sp³-hybridized carbons (Fsp3) is 0.200. The van der Waals surface area contributed by atoms with Gasteiger partial charge in [0.15, 0.2) is 5.69 Å². The lowest BCUT2D eigenvalue weighted by atomic mass is 10.2. The Hall–Kier alpha value is -2.22. The molecule has 7 nitrogen and oxygen atoms in total. The minimum absolute atomic E-state index is 0.215. The smallest absolute Gasteiger partial charge is 0.358 e. The van der Waals surface area contributed by atoms with Crippen molar-refractivity contribution in [3.63, 3.8) is 0 Å². The van der Waals surface area contributed by atoms with E-state index in [-0.39, 0.29) is 11.4 Å². The van der Waals surface area contributed by atoms with Crippen molar-refractivity contribution in [2.24, 2.45) is 0 Å². The molecule has 0 radical (unpaired) electrons. The summed E-state index contributed by atoms with van der Waals surface area (Å²) in [6, 6.07) is 2.46. The number of rotatable bonds is 4. The Balaban J connectivity index is 2.62. The number of hydrogen-bond donors (Lipinski definition) is 2. The van der Waals surface area contributed by atoms with E-state index in [1.165, 1.54) is 18.3 Å². The zero-order valence-corrected chi connectivity index (χ0v) is 10.1. The maximum Gasteiger partial charge on any atom is 0.358 e. The number of carboxylic acid groups (broad SMARTS) is 2. The average Bonchev–Trinajstić information content (AvgIpc) is 2.95. The lowest BCUT2D eigenvalue weighted by molar-refractivity contribution is -0.140. The van der Waals surface area contributed by atoms with Crippen LogP contribution in [0.3, 0.4) is 0 Å². The molecular formula is C10H9N3O4S. The molecule has 0 fully saturated rings. The second-order valence-electron chi connectivity index (χ2n) is 3.53. The van der Waals surface area contributed by atoms with Gasteiger partial charge in [-0.2, -0.15) is 0 Å². The molecule has 18 heavy (non-hydrogen) atoms. The Bertz CT molecular complexity index is 590. The van der Waals surface area contributed by atoms with E-state index in [0.29, 0.717) is 4.88 Å². The fourth-order valence-corrected chi connectivity index (χ4v) is 2.22. The minimum atomic E-state index is -1.23. The summed E-state index contributed by atoms with van der Waals surface area (Å²) in [6.45, 7) is 1.42. The van der Waals surface area contributed by atoms with Crippen LogP contribution in [-0.4, -0.2) is 37.1 Å². The predicted octanol–water partition coefficient (Wildman–Crippen LogP) is 1.35. The Morgan fingerprint density at radius 1 is 1.44 bits per heavy atom. The molecular weight excluding hydrogens is 258 g/mol. The molecule has 0 bridgehead atoms. The van der Waals surface area contributed by atoms with E-state index < -0.39 is 18.0 Å². The van der Waals surface area contributed by atoms with Crippen molar-refractivity contribution in [3.8, 4) is 10.6 Å². The molecule has 0 saturated carbocycles. The van der Waals surface area contributed by atoms with E-state index in [9.17, 15) is 9.59 Å². The minimum Gasteiger partial charge on any atom is -0.480 e. The van der Waals surface area contributed by atoms with E-state index in [1.54, 1.807) is 17.5 Å². The van der Waals surface area contributed by atoms with Gasteiger partial charge in [0, 0.05) is 0 Å². The first kappa shape index (κ1) is 12.2. The molecule has 2 aromatic rings. The molecule has 0 amide bonds. The van der Waals surface area contributed by atoms with Crippen LogP contribution in [-0.2, 0) is 4.79 Å². The maximum atomic E-state index is 11.1. The third-order valence-electron chi connectivity index (χ3n) is 2.38. The van der Waals surface area contributed by atoms with E-state index in [2.05, 4.69) is 10.3 Å². The summed E-state index contributed by atoms with van der Waals surface area (Å²) in [5.74, 6) is -2.34. The van der Waals surface area contributed by atoms with Crippen LogP contribution in [0.25, 0.3) is 10.6 Å². The molecule has 0 aromatic carbocycles. The highest BCUT2D eigenvalue weighted by Gasteiger charge is 2.26. The van der Waals surface area contributed by atoms with Gasteiger partial charge in [-0.25, -0.2) is 14.3 Å². The molecule has 1 atom stereocenters. The van der Waals surface area contributed by atoms with Gasteiger partial charge in [0.05, 0.1) is 4.88 Å². The summed E-state index contributed by atoms with van der Waals surface area (Å²) in [7, 11) is 0. The van der Waals surface area contributed by atoms with Gasteiger partial charge < -0.3 is 10.2 Å². The van der Waals surface area contributed by atoms with Crippen molar-refractivity contribution in [2.45, 2.75) is 13.0 Å². The van der Waals surface area contributed by atoms with Crippen LogP contribution < -0.4 is 0 Å². The molecule has 0 saturated heterocycles. The molecule has 2 rings (SSSR count). The van der Waals surface area contributed by atoms with Crippen molar-refractivity contribution < 1.29 is 19.8 Å². The first-order chi connectivity index (χ1) is 8.52. The van der Waals surface area contributed by atoms with Crippen molar-refractivity contribution in [1.82, 2.24) is 15.0 Å². The van der Waals surface area contributed by atoms with Gasteiger partial charge in [0.25, 0.3) is 0 Å². The second kappa shape index (κ2) is 4.57. The lowest BCUT2D eigenvalue weighted by Crippen LogP contribution is -2.18. The quantitative estimate of drug-likeness (QED) is 0.866. The number of nitrogens with zero attached hydrogens (tertiary/aromatic N) is 3. The lowest BCUT2D eigenvalue weighted by Gasteiger charge is -2.09. The third-order valence-corrected chi connectivity index (χ3v) is 3.25. The maximum absolute atomic E-state index is 11.1. The van der Waals surface area contributed by atoms with Gasteiger partial charge in [-0.3, -0.25) is 0 Å². The van der Waals surface area contributed by atoms with Gasteiger partial charge in [-0.1, -0.05) is 11.3 Å². The number of aliphatic carboxylic acids is 1. The molecule has 2 heterocycles. The number of aromatic nitrogens is 3. The summed E-state index contributed by atoms with van der Waals surface area (Å²) < 4.78 is 1.11.